The quantitative estimate of drug-likeness (QED) is 0.286. The third-order valence-corrected chi connectivity index (χ3v) is 0. The van der Waals surface area contributed by atoms with Crippen LogP contribution in [0.5, 0.6) is 0 Å². The summed E-state index contributed by atoms with van der Waals surface area (Å²) < 4.78 is 68.8. The molecule has 8 nitrogen and oxygen atoms in total. The number of hydrogen-bond donors (Lipinski definition) is 0. The van der Waals surface area contributed by atoms with E-state index in [0.29, 0.717) is 0 Å². The van der Waals surface area contributed by atoms with Gasteiger partial charge in [0.1, 0.15) is 0 Å². The van der Waals surface area contributed by atoms with Gasteiger partial charge in [0, 0.05) is 0 Å². The number of rotatable bonds is 0. The predicted molar refractivity (Wildman–Crippen MR) is 8.50 cm³/mol. The van der Waals surface area contributed by atoms with Crippen LogP contribution in [0, 0.1) is 0 Å². The van der Waals surface area contributed by atoms with Crippen LogP contribution < -0.4 is 119 Å². The minimum absolute atomic E-state index is 0. The van der Waals surface area contributed by atoms with Crippen LogP contribution in [-0.2, 0) is 42.4 Å². The van der Waals surface area contributed by atoms with Gasteiger partial charge in [-0.2, -0.15) is 0 Å². The van der Waals surface area contributed by atoms with E-state index in [9.17, 15) is 0 Å². The smallest absolute Gasteiger partial charge is 2.00 e. The first-order valence-electron chi connectivity index (χ1n) is 1.33. The second kappa shape index (κ2) is 14.4. The molecule has 0 aliphatic carbocycles. The predicted octanol–water partition coefficient (Wildman–Crippen LogP) is -11.6. The van der Waals surface area contributed by atoms with Crippen LogP contribution in [0.2, 0.25) is 0 Å². The fraction of sp³-hybridized carbons (Fsp3) is 0. The molecule has 0 N–H and O–H groups in total. The van der Waals surface area contributed by atoms with Crippen molar-refractivity contribution in [3.63, 3.8) is 0 Å². The van der Waals surface area contributed by atoms with Gasteiger partial charge in [0.2, 0.25) is 0 Å². The number of hydrogen-bond acceptors (Lipinski definition) is 8. The molecule has 0 aliphatic rings. The molecule has 0 amide bonds. The van der Waals surface area contributed by atoms with Crippen molar-refractivity contribution in [3.8, 4) is 0 Å². The van der Waals surface area contributed by atoms with Gasteiger partial charge >= 0.3 is 189 Å². The second-order valence-electron chi connectivity index (χ2n) is 0.816. The Kier molecular flexibility index (Phi) is 33.6. The van der Waals surface area contributed by atoms with E-state index in [2.05, 4.69) is 0 Å². The zero-order valence-electron chi connectivity index (χ0n) is 6.58. The molecule has 0 heterocycles. The Balaban J connectivity index is -0.0000000267. The molecule has 13 heavy (non-hydrogen) atoms. The monoisotopic (exact) mass is 518 g/mol. The van der Waals surface area contributed by atoms with Gasteiger partial charge in [-0.3, -0.25) is 0 Å². The molecule has 66 valence electrons. The maximum Gasteiger partial charge on any atom is 2.00 e. The molecular formula is Cr2K2O8Pb. The molecule has 2 radical (unpaired) electrons. The molecule has 0 atom stereocenters. The Morgan fingerprint density at radius 3 is 0.615 bits per heavy atom. The molecule has 0 saturated heterocycles. The Morgan fingerprint density at radius 1 is 0.615 bits per heavy atom. The van der Waals surface area contributed by atoms with Crippen LogP contribution in [0.3, 0.4) is 0 Å². The summed E-state index contributed by atoms with van der Waals surface area (Å²) in [5.41, 5.74) is 0. The summed E-state index contributed by atoms with van der Waals surface area (Å²) in [7, 11) is 0. The third-order valence-electron chi connectivity index (χ3n) is 0. The molecule has 0 spiro atoms. The zero-order chi connectivity index (χ0) is 9.00. The van der Waals surface area contributed by atoms with Crippen LogP contribution in [0.4, 0.5) is 0 Å². The van der Waals surface area contributed by atoms with Crippen LogP contribution in [0.25, 0.3) is 0 Å². The molecule has 0 aromatic rings. The third kappa shape index (κ3) is 180. The average molecular weight is 517 g/mol. The van der Waals surface area contributed by atoms with Crippen molar-refractivity contribution in [2.75, 3.05) is 0 Å². The summed E-state index contributed by atoms with van der Waals surface area (Å²) in [6.07, 6.45) is 0. The summed E-state index contributed by atoms with van der Waals surface area (Å²) in [4.78, 5) is 0. The van der Waals surface area contributed by atoms with E-state index in [-0.39, 0.29) is 130 Å². The van der Waals surface area contributed by atoms with Gasteiger partial charge in [0.05, 0.1) is 0 Å². The molecule has 0 unspecified atom stereocenters. The second-order valence-corrected chi connectivity index (χ2v) is 3.37. The minimum Gasteiger partial charge on any atom is 2.00 e. The molecule has 0 aliphatic heterocycles. The van der Waals surface area contributed by atoms with Crippen molar-refractivity contribution >= 4 is 27.3 Å². The van der Waals surface area contributed by atoms with E-state index in [1.54, 1.807) is 0 Å². The van der Waals surface area contributed by atoms with E-state index in [1.165, 1.54) is 0 Å². The fourth-order valence-electron chi connectivity index (χ4n) is 0. The van der Waals surface area contributed by atoms with Gasteiger partial charge in [0.15, 0.2) is 0 Å². The SMILES string of the molecule is [K+].[K+].[O]=[Cr](=[O])([O-])[O-].[O]=[Cr](=[O])([O-])[O-].[Pb+2]. The Morgan fingerprint density at radius 2 is 0.615 bits per heavy atom. The van der Waals surface area contributed by atoms with Gasteiger partial charge in [-0.05, 0) is 0 Å². The standard InChI is InChI=1S/2Cr.2K.8O.Pb/q;;2*+1;;;;;4*-1;+2. The molecule has 0 saturated carbocycles. The van der Waals surface area contributed by atoms with Crippen LogP contribution in [0.1, 0.15) is 0 Å². The first-order chi connectivity index (χ1) is 4.00. The largest absolute Gasteiger partial charge is 2.00 e. The molecule has 0 aromatic carbocycles. The average Bonchev–Trinajstić information content (AvgIpc) is 1.12. The van der Waals surface area contributed by atoms with Crippen LogP contribution >= 0.6 is 0 Å². The fourth-order valence-corrected chi connectivity index (χ4v) is 0. The van der Waals surface area contributed by atoms with E-state index in [4.69, 9.17) is 31.8 Å². The molecule has 0 rings (SSSR count). The zero-order valence-corrected chi connectivity index (χ0v) is 19.3. The van der Waals surface area contributed by atoms with Gasteiger partial charge in [-0.25, -0.2) is 0 Å². The summed E-state index contributed by atoms with van der Waals surface area (Å²) >= 11 is -11.5. The molecule has 13 heteroatoms. The summed E-state index contributed by atoms with van der Waals surface area (Å²) in [6, 6.07) is 0. The normalized spacial score (nSPS) is 8.92. The van der Waals surface area contributed by atoms with E-state index in [1.807, 2.05) is 0 Å². The van der Waals surface area contributed by atoms with Crippen molar-refractivity contribution in [2.45, 2.75) is 0 Å². The van der Waals surface area contributed by atoms with Crippen LogP contribution in [0.15, 0.2) is 0 Å². The molecule has 0 aromatic heterocycles. The summed E-state index contributed by atoms with van der Waals surface area (Å²) in [6.45, 7) is 0. The van der Waals surface area contributed by atoms with Crippen molar-refractivity contribution < 1.29 is 162 Å². The van der Waals surface area contributed by atoms with Gasteiger partial charge < -0.3 is 0 Å². The minimum atomic E-state index is -5.75. The maximum absolute atomic E-state index is 8.59. The topological polar surface area (TPSA) is 161 Å². The summed E-state index contributed by atoms with van der Waals surface area (Å²) in [5.74, 6) is 0. The van der Waals surface area contributed by atoms with Crippen LogP contribution in [-0.4, -0.2) is 27.3 Å². The first kappa shape index (κ1) is 30.4. The van der Waals surface area contributed by atoms with E-state index < -0.39 is 27.2 Å². The Hall–Kier alpha value is 4.30. The van der Waals surface area contributed by atoms with E-state index >= 15 is 0 Å². The van der Waals surface area contributed by atoms with Gasteiger partial charge in [-0.15, -0.1) is 0 Å². The summed E-state index contributed by atoms with van der Waals surface area (Å²) in [5, 5.41) is 0. The van der Waals surface area contributed by atoms with Gasteiger partial charge in [-0.1, -0.05) is 0 Å². The molecular weight excluding hydrogens is 517 g/mol. The first-order valence-corrected chi connectivity index (χ1v) is 5.50. The maximum atomic E-state index is 8.59. The van der Waals surface area contributed by atoms with Gasteiger partial charge in [0.25, 0.3) is 0 Å². The van der Waals surface area contributed by atoms with Crippen molar-refractivity contribution in [3.05, 3.63) is 0 Å². The van der Waals surface area contributed by atoms with Crippen molar-refractivity contribution in [2.24, 2.45) is 0 Å². The molecule has 0 bridgehead atoms. The Labute approximate surface area is 184 Å². The van der Waals surface area contributed by atoms with Crippen molar-refractivity contribution in [1.82, 2.24) is 0 Å². The Bertz CT molecular complexity index is 217. The van der Waals surface area contributed by atoms with E-state index in [0.717, 1.165) is 0 Å². The molecule has 0 fully saturated rings. The van der Waals surface area contributed by atoms with Crippen molar-refractivity contribution in [1.29, 1.82) is 0 Å².